The number of benzene rings is 2. The molecule has 1 N–H and O–H groups in total. The van der Waals surface area contributed by atoms with Crippen molar-refractivity contribution in [1.82, 2.24) is 0 Å². The van der Waals surface area contributed by atoms with Crippen molar-refractivity contribution in [3.8, 4) is 5.75 Å². The molecule has 3 nitrogen and oxygen atoms in total. The van der Waals surface area contributed by atoms with Crippen molar-refractivity contribution in [1.29, 1.82) is 0 Å². The summed E-state index contributed by atoms with van der Waals surface area (Å²) in [6, 6.07) is 10.7. The van der Waals surface area contributed by atoms with E-state index in [1.54, 1.807) is 25.1 Å². The molecule has 0 atom stereocenters. The summed E-state index contributed by atoms with van der Waals surface area (Å²) >= 11 is 0. The second-order valence-corrected chi connectivity index (χ2v) is 4.37. The molecule has 0 heterocycles. The molecule has 0 aromatic heterocycles. The van der Waals surface area contributed by atoms with Crippen LogP contribution in [0.2, 0.25) is 0 Å². The van der Waals surface area contributed by atoms with Crippen molar-refractivity contribution in [3.63, 3.8) is 0 Å². The number of carbonyl (C=O) groups excluding carboxylic acids is 1. The maximum absolute atomic E-state index is 13.8. The molecular weight excluding hydrogens is 245 g/mol. The van der Waals surface area contributed by atoms with Crippen LogP contribution < -0.4 is 4.90 Å². The minimum atomic E-state index is -0.544. The Hall–Kier alpha value is -2.36. The van der Waals surface area contributed by atoms with Crippen LogP contribution in [-0.4, -0.2) is 18.1 Å². The highest BCUT2D eigenvalue weighted by atomic mass is 19.1. The van der Waals surface area contributed by atoms with E-state index in [1.807, 2.05) is 0 Å². The standard InChI is InChI=1S/C15H14FNO2/c1-10-6-7-13(14(16)8-10)15(19)17(2)11-4-3-5-12(18)9-11/h3-9,18H,1-2H3. The van der Waals surface area contributed by atoms with Crippen LogP contribution in [0, 0.1) is 12.7 Å². The van der Waals surface area contributed by atoms with E-state index in [0.29, 0.717) is 5.69 Å². The Morgan fingerprint density at radius 1 is 1.21 bits per heavy atom. The Kier molecular flexibility index (Phi) is 3.51. The first-order valence-corrected chi connectivity index (χ1v) is 5.82. The van der Waals surface area contributed by atoms with Gasteiger partial charge in [0.1, 0.15) is 11.6 Å². The SMILES string of the molecule is Cc1ccc(C(=O)N(C)c2cccc(O)c2)c(F)c1. The zero-order chi connectivity index (χ0) is 14.0. The van der Waals surface area contributed by atoms with E-state index in [4.69, 9.17) is 0 Å². The Morgan fingerprint density at radius 2 is 1.95 bits per heavy atom. The lowest BCUT2D eigenvalue weighted by molar-refractivity contribution is 0.0989. The summed E-state index contributed by atoms with van der Waals surface area (Å²) in [6.07, 6.45) is 0. The van der Waals surface area contributed by atoms with Crippen LogP contribution >= 0.6 is 0 Å². The predicted octanol–water partition coefficient (Wildman–Crippen LogP) is 3.12. The van der Waals surface area contributed by atoms with Crippen molar-refractivity contribution < 1.29 is 14.3 Å². The van der Waals surface area contributed by atoms with E-state index in [0.717, 1.165) is 5.56 Å². The van der Waals surface area contributed by atoms with E-state index in [1.165, 1.54) is 36.2 Å². The molecule has 0 radical (unpaired) electrons. The molecule has 0 unspecified atom stereocenters. The summed E-state index contributed by atoms with van der Waals surface area (Å²) in [4.78, 5) is 13.5. The summed E-state index contributed by atoms with van der Waals surface area (Å²) in [7, 11) is 1.54. The molecule has 2 aromatic rings. The van der Waals surface area contributed by atoms with E-state index < -0.39 is 11.7 Å². The van der Waals surface area contributed by atoms with Gasteiger partial charge in [-0.05, 0) is 36.8 Å². The molecule has 19 heavy (non-hydrogen) atoms. The molecule has 1 amide bonds. The Balaban J connectivity index is 2.33. The van der Waals surface area contributed by atoms with Crippen LogP contribution in [0.1, 0.15) is 15.9 Å². The van der Waals surface area contributed by atoms with Crippen molar-refractivity contribution in [2.75, 3.05) is 11.9 Å². The van der Waals surface area contributed by atoms with Gasteiger partial charge in [-0.15, -0.1) is 0 Å². The number of carbonyl (C=O) groups is 1. The lowest BCUT2D eigenvalue weighted by Gasteiger charge is -2.18. The molecule has 0 spiro atoms. The highest BCUT2D eigenvalue weighted by Gasteiger charge is 2.17. The van der Waals surface area contributed by atoms with Gasteiger partial charge in [-0.3, -0.25) is 4.79 Å². The molecule has 0 aliphatic heterocycles. The monoisotopic (exact) mass is 259 g/mol. The van der Waals surface area contributed by atoms with Gasteiger partial charge < -0.3 is 10.0 Å². The lowest BCUT2D eigenvalue weighted by atomic mass is 10.1. The van der Waals surface area contributed by atoms with Crippen molar-refractivity contribution >= 4 is 11.6 Å². The van der Waals surface area contributed by atoms with Crippen molar-refractivity contribution in [2.45, 2.75) is 6.92 Å². The van der Waals surface area contributed by atoms with Gasteiger partial charge in [-0.25, -0.2) is 4.39 Å². The Bertz CT molecular complexity index is 625. The van der Waals surface area contributed by atoms with Crippen LogP contribution in [0.25, 0.3) is 0 Å². The lowest BCUT2D eigenvalue weighted by Crippen LogP contribution is -2.27. The number of anilines is 1. The Labute approximate surface area is 110 Å². The number of aryl methyl sites for hydroxylation is 1. The number of rotatable bonds is 2. The smallest absolute Gasteiger partial charge is 0.260 e. The number of aromatic hydroxyl groups is 1. The van der Waals surface area contributed by atoms with Gasteiger partial charge in [0.15, 0.2) is 0 Å². The van der Waals surface area contributed by atoms with E-state index in [2.05, 4.69) is 0 Å². The number of phenols is 1. The van der Waals surface area contributed by atoms with E-state index in [-0.39, 0.29) is 11.3 Å². The summed E-state index contributed by atoms with van der Waals surface area (Å²) in [5.74, 6) is -0.943. The average Bonchev–Trinajstić information content (AvgIpc) is 2.37. The number of hydrogen-bond acceptors (Lipinski definition) is 2. The summed E-state index contributed by atoms with van der Waals surface area (Å²) in [6.45, 7) is 1.76. The first kappa shape index (κ1) is 13.1. The zero-order valence-electron chi connectivity index (χ0n) is 10.7. The maximum Gasteiger partial charge on any atom is 0.260 e. The highest BCUT2D eigenvalue weighted by molar-refractivity contribution is 6.06. The number of phenolic OH excluding ortho intramolecular Hbond substituents is 1. The first-order valence-electron chi connectivity index (χ1n) is 5.82. The fraction of sp³-hybridized carbons (Fsp3) is 0.133. The number of halogens is 1. The molecule has 0 bridgehead atoms. The normalized spacial score (nSPS) is 10.3. The topological polar surface area (TPSA) is 40.5 Å². The third kappa shape index (κ3) is 2.73. The van der Waals surface area contributed by atoms with Gasteiger partial charge in [0.2, 0.25) is 0 Å². The average molecular weight is 259 g/mol. The quantitative estimate of drug-likeness (QED) is 0.900. The second-order valence-electron chi connectivity index (χ2n) is 4.37. The fourth-order valence-electron chi connectivity index (χ4n) is 1.79. The minimum absolute atomic E-state index is 0.0106. The highest BCUT2D eigenvalue weighted by Crippen LogP contribution is 2.21. The molecule has 98 valence electrons. The van der Waals surface area contributed by atoms with Crippen LogP contribution in [0.4, 0.5) is 10.1 Å². The molecule has 2 aromatic carbocycles. The van der Waals surface area contributed by atoms with E-state index in [9.17, 15) is 14.3 Å². The Morgan fingerprint density at radius 3 is 2.58 bits per heavy atom. The number of hydrogen-bond donors (Lipinski definition) is 1. The summed E-state index contributed by atoms with van der Waals surface area (Å²) < 4.78 is 13.8. The molecule has 0 aliphatic rings. The molecule has 0 saturated carbocycles. The van der Waals surface area contributed by atoms with Gasteiger partial charge in [0.25, 0.3) is 5.91 Å². The zero-order valence-corrected chi connectivity index (χ0v) is 10.7. The third-order valence-corrected chi connectivity index (χ3v) is 2.88. The largest absolute Gasteiger partial charge is 0.508 e. The molecule has 0 saturated heterocycles. The van der Waals surface area contributed by atoms with Crippen LogP contribution in [-0.2, 0) is 0 Å². The van der Waals surface area contributed by atoms with E-state index >= 15 is 0 Å². The first-order chi connectivity index (χ1) is 8.99. The van der Waals surface area contributed by atoms with Crippen LogP contribution in [0.15, 0.2) is 42.5 Å². The van der Waals surface area contributed by atoms with Crippen molar-refractivity contribution in [2.24, 2.45) is 0 Å². The van der Waals surface area contributed by atoms with Crippen LogP contribution in [0.5, 0.6) is 5.75 Å². The van der Waals surface area contributed by atoms with Gasteiger partial charge >= 0.3 is 0 Å². The summed E-state index contributed by atoms with van der Waals surface area (Å²) in [5.41, 5.74) is 1.27. The molecule has 4 heteroatoms. The van der Waals surface area contributed by atoms with Crippen LogP contribution in [0.3, 0.4) is 0 Å². The van der Waals surface area contributed by atoms with Crippen molar-refractivity contribution in [3.05, 3.63) is 59.4 Å². The molecule has 2 rings (SSSR count). The fourth-order valence-corrected chi connectivity index (χ4v) is 1.79. The molecule has 0 aliphatic carbocycles. The maximum atomic E-state index is 13.8. The number of amides is 1. The molecule has 0 fully saturated rings. The molecular formula is C15H14FNO2. The third-order valence-electron chi connectivity index (χ3n) is 2.88. The van der Waals surface area contributed by atoms with Gasteiger partial charge in [0.05, 0.1) is 5.56 Å². The minimum Gasteiger partial charge on any atom is -0.508 e. The second kappa shape index (κ2) is 5.10. The summed E-state index contributed by atoms with van der Waals surface area (Å²) in [5, 5.41) is 9.39. The van der Waals surface area contributed by atoms with Gasteiger partial charge in [-0.1, -0.05) is 12.1 Å². The predicted molar refractivity (Wildman–Crippen MR) is 72.0 cm³/mol. The van der Waals surface area contributed by atoms with Gasteiger partial charge in [-0.2, -0.15) is 0 Å². The van der Waals surface area contributed by atoms with Gasteiger partial charge in [0, 0.05) is 18.8 Å². The number of nitrogens with zero attached hydrogens (tertiary/aromatic N) is 1.